The van der Waals surface area contributed by atoms with Gasteiger partial charge in [-0.25, -0.2) is 0 Å². The molecular weight excluding hydrogens is 324 g/mol. The van der Waals surface area contributed by atoms with Gasteiger partial charge in [-0.15, -0.1) is 10.2 Å². The minimum atomic E-state index is 0.587. The Labute approximate surface area is 151 Å². The maximum Gasteiger partial charge on any atom is 0.205 e. The van der Waals surface area contributed by atoms with Crippen LogP contribution in [0.2, 0.25) is 0 Å². The number of tetrazole rings is 1. The minimum Gasteiger partial charge on any atom is -0.493 e. The largest absolute Gasteiger partial charge is 0.493 e. The Morgan fingerprint density at radius 2 is 1.50 bits per heavy atom. The van der Waals surface area contributed by atoms with Crippen LogP contribution in [0.15, 0.2) is 78.9 Å². The molecule has 0 saturated carbocycles. The maximum absolute atomic E-state index is 5.86. The number of benzene rings is 3. The number of hydrogen-bond donors (Lipinski definition) is 1. The highest BCUT2D eigenvalue weighted by atomic mass is 16.5. The minimum absolute atomic E-state index is 0.587. The molecule has 1 heterocycles. The summed E-state index contributed by atoms with van der Waals surface area (Å²) in [6.07, 6.45) is 0.892. The molecular formula is C21H18N4O. The van der Waals surface area contributed by atoms with Crippen molar-refractivity contribution in [3.05, 3.63) is 84.4 Å². The molecule has 0 fully saturated rings. The van der Waals surface area contributed by atoms with Gasteiger partial charge < -0.3 is 4.74 Å². The van der Waals surface area contributed by atoms with E-state index in [4.69, 9.17) is 4.74 Å². The van der Waals surface area contributed by atoms with E-state index in [1.54, 1.807) is 0 Å². The molecule has 4 aromatic rings. The summed E-state index contributed by atoms with van der Waals surface area (Å²) >= 11 is 0. The summed E-state index contributed by atoms with van der Waals surface area (Å²) in [5.41, 5.74) is 4.36. The van der Waals surface area contributed by atoms with Gasteiger partial charge in [0.05, 0.1) is 6.61 Å². The van der Waals surface area contributed by atoms with Gasteiger partial charge in [-0.05, 0) is 34.0 Å². The zero-order chi connectivity index (χ0) is 17.6. The van der Waals surface area contributed by atoms with Crippen molar-refractivity contribution < 1.29 is 4.74 Å². The normalized spacial score (nSPS) is 10.6. The predicted octanol–water partition coefficient (Wildman–Crippen LogP) is 4.16. The van der Waals surface area contributed by atoms with E-state index in [0.29, 0.717) is 12.4 Å². The molecule has 0 saturated heterocycles. The van der Waals surface area contributed by atoms with Gasteiger partial charge >= 0.3 is 0 Å². The molecule has 128 valence electrons. The van der Waals surface area contributed by atoms with Gasteiger partial charge in [0, 0.05) is 12.0 Å². The lowest BCUT2D eigenvalue weighted by molar-refractivity contribution is 0.322. The van der Waals surface area contributed by atoms with Gasteiger partial charge in [0.1, 0.15) is 5.75 Å². The second-order valence-corrected chi connectivity index (χ2v) is 5.89. The SMILES string of the molecule is c1ccc(CCOc2ccc(-c3ccccc3-c3nn[nH]n3)cc2)cc1. The van der Waals surface area contributed by atoms with Gasteiger partial charge in [-0.2, -0.15) is 5.21 Å². The van der Waals surface area contributed by atoms with E-state index in [1.807, 2.05) is 48.5 Å². The van der Waals surface area contributed by atoms with Crippen LogP contribution < -0.4 is 4.74 Å². The number of nitrogens with zero attached hydrogens (tertiary/aromatic N) is 3. The molecule has 0 spiro atoms. The van der Waals surface area contributed by atoms with Crippen LogP contribution in [-0.2, 0) is 6.42 Å². The third-order valence-corrected chi connectivity index (χ3v) is 4.18. The highest BCUT2D eigenvalue weighted by Crippen LogP contribution is 2.30. The third-order valence-electron chi connectivity index (χ3n) is 4.18. The predicted molar refractivity (Wildman–Crippen MR) is 101 cm³/mol. The van der Waals surface area contributed by atoms with Crippen LogP contribution in [0.5, 0.6) is 5.75 Å². The Hall–Kier alpha value is -3.47. The molecule has 3 aromatic carbocycles. The molecule has 0 aliphatic heterocycles. The summed E-state index contributed by atoms with van der Waals surface area (Å²) in [4.78, 5) is 0. The lowest BCUT2D eigenvalue weighted by Gasteiger charge is -2.09. The monoisotopic (exact) mass is 342 g/mol. The summed E-state index contributed by atoms with van der Waals surface area (Å²) in [5.74, 6) is 1.45. The van der Waals surface area contributed by atoms with E-state index in [-0.39, 0.29) is 0 Å². The Morgan fingerprint density at radius 1 is 0.769 bits per heavy atom. The number of nitrogens with one attached hydrogen (secondary N) is 1. The zero-order valence-corrected chi connectivity index (χ0v) is 14.2. The fourth-order valence-electron chi connectivity index (χ4n) is 2.87. The van der Waals surface area contributed by atoms with Crippen molar-refractivity contribution in [2.75, 3.05) is 6.61 Å². The average molecular weight is 342 g/mol. The first-order chi connectivity index (χ1) is 12.9. The van der Waals surface area contributed by atoms with Crippen molar-refractivity contribution in [2.24, 2.45) is 0 Å². The highest BCUT2D eigenvalue weighted by molar-refractivity contribution is 5.80. The molecule has 0 aliphatic carbocycles. The van der Waals surface area contributed by atoms with Gasteiger partial charge in [0.2, 0.25) is 5.82 Å². The van der Waals surface area contributed by atoms with E-state index < -0.39 is 0 Å². The second-order valence-electron chi connectivity index (χ2n) is 5.89. The summed E-state index contributed by atoms with van der Waals surface area (Å²) in [5, 5.41) is 14.3. The van der Waals surface area contributed by atoms with Crippen molar-refractivity contribution in [3.8, 4) is 28.3 Å². The standard InChI is InChI=1S/C21H18N4O/c1-2-6-16(7-3-1)14-15-26-18-12-10-17(11-13-18)19-8-4-5-9-20(19)21-22-24-25-23-21/h1-13H,14-15H2,(H,22,23,24,25). The Balaban J connectivity index is 1.47. The van der Waals surface area contributed by atoms with Crippen molar-refractivity contribution in [2.45, 2.75) is 6.42 Å². The van der Waals surface area contributed by atoms with Crippen LogP contribution in [0.1, 0.15) is 5.56 Å². The quantitative estimate of drug-likeness (QED) is 0.571. The zero-order valence-electron chi connectivity index (χ0n) is 14.2. The molecule has 4 rings (SSSR count). The fourth-order valence-corrected chi connectivity index (χ4v) is 2.87. The van der Waals surface area contributed by atoms with Crippen molar-refractivity contribution in [1.29, 1.82) is 0 Å². The van der Waals surface area contributed by atoms with Gasteiger partial charge in [0.15, 0.2) is 0 Å². The van der Waals surface area contributed by atoms with Crippen LogP contribution in [0, 0.1) is 0 Å². The topological polar surface area (TPSA) is 63.7 Å². The van der Waals surface area contributed by atoms with Crippen LogP contribution in [0.4, 0.5) is 0 Å². The fraction of sp³-hybridized carbons (Fsp3) is 0.0952. The van der Waals surface area contributed by atoms with Gasteiger partial charge in [-0.3, -0.25) is 0 Å². The summed E-state index contributed by atoms with van der Waals surface area (Å²) in [6.45, 7) is 0.656. The summed E-state index contributed by atoms with van der Waals surface area (Å²) < 4.78 is 5.86. The van der Waals surface area contributed by atoms with Gasteiger partial charge in [0.25, 0.3) is 0 Å². The lowest BCUT2D eigenvalue weighted by Crippen LogP contribution is -2.01. The summed E-state index contributed by atoms with van der Waals surface area (Å²) in [6, 6.07) is 26.4. The van der Waals surface area contributed by atoms with E-state index in [9.17, 15) is 0 Å². The highest BCUT2D eigenvalue weighted by Gasteiger charge is 2.10. The van der Waals surface area contributed by atoms with Crippen LogP contribution in [-0.4, -0.2) is 27.2 Å². The first-order valence-corrected chi connectivity index (χ1v) is 8.50. The number of hydrogen-bond acceptors (Lipinski definition) is 4. The average Bonchev–Trinajstić information content (AvgIpc) is 3.24. The Bertz CT molecular complexity index is 951. The third kappa shape index (κ3) is 3.62. The number of aromatic amines is 1. The Kier molecular flexibility index (Phi) is 4.69. The van der Waals surface area contributed by atoms with E-state index in [1.165, 1.54) is 5.56 Å². The van der Waals surface area contributed by atoms with Gasteiger partial charge in [-0.1, -0.05) is 66.7 Å². The number of H-pyrrole nitrogens is 1. The van der Waals surface area contributed by atoms with E-state index >= 15 is 0 Å². The van der Waals surface area contributed by atoms with Crippen molar-refractivity contribution in [3.63, 3.8) is 0 Å². The first-order valence-electron chi connectivity index (χ1n) is 8.50. The molecule has 1 N–H and O–H groups in total. The molecule has 0 amide bonds. The Morgan fingerprint density at radius 3 is 2.23 bits per heavy atom. The maximum atomic E-state index is 5.86. The molecule has 26 heavy (non-hydrogen) atoms. The van der Waals surface area contributed by atoms with Crippen LogP contribution in [0.25, 0.3) is 22.5 Å². The molecule has 0 bridgehead atoms. The molecule has 0 unspecified atom stereocenters. The first kappa shape index (κ1) is 16.0. The molecule has 5 nitrogen and oxygen atoms in total. The second kappa shape index (κ2) is 7.61. The molecule has 1 aromatic heterocycles. The molecule has 0 aliphatic rings. The lowest BCUT2D eigenvalue weighted by atomic mass is 9.99. The van der Waals surface area contributed by atoms with E-state index in [0.717, 1.165) is 28.9 Å². The number of rotatable bonds is 6. The molecule has 0 atom stereocenters. The molecule has 5 heteroatoms. The van der Waals surface area contributed by atoms with E-state index in [2.05, 4.69) is 51.0 Å². The van der Waals surface area contributed by atoms with Crippen LogP contribution >= 0.6 is 0 Å². The van der Waals surface area contributed by atoms with Crippen molar-refractivity contribution >= 4 is 0 Å². The van der Waals surface area contributed by atoms with Crippen LogP contribution in [0.3, 0.4) is 0 Å². The number of ether oxygens (including phenoxy) is 1. The number of aromatic nitrogens is 4. The van der Waals surface area contributed by atoms with Crippen molar-refractivity contribution in [1.82, 2.24) is 20.6 Å². The smallest absolute Gasteiger partial charge is 0.205 e. The molecule has 0 radical (unpaired) electrons. The summed E-state index contributed by atoms with van der Waals surface area (Å²) in [7, 11) is 0.